The Balaban J connectivity index is 1.41. The third-order valence-electron chi connectivity index (χ3n) is 3.98. The lowest BCUT2D eigenvalue weighted by atomic mass is 10.2. The summed E-state index contributed by atoms with van der Waals surface area (Å²) in [5, 5.41) is 17.5. The first-order valence-corrected chi connectivity index (χ1v) is 10.8. The van der Waals surface area contributed by atoms with Gasteiger partial charge in [0.25, 0.3) is 0 Å². The third kappa shape index (κ3) is 5.19. The van der Waals surface area contributed by atoms with E-state index in [4.69, 9.17) is 0 Å². The van der Waals surface area contributed by atoms with Crippen molar-refractivity contribution in [2.45, 2.75) is 54.7 Å². The lowest BCUT2D eigenvalue weighted by Crippen LogP contribution is -2.37. The van der Waals surface area contributed by atoms with Crippen LogP contribution in [0.25, 0.3) is 0 Å². The zero-order chi connectivity index (χ0) is 16.8. The van der Waals surface area contributed by atoms with Gasteiger partial charge >= 0.3 is 0 Å². The predicted octanol–water partition coefficient (Wildman–Crippen LogP) is 3.79. The number of rotatable bonds is 8. The summed E-state index contributed by atoms with van der Waals surface area (Å²) in [7, 11) is 0. The average Bonchev–Trinajstić information content (AvgIpc) is 3.30. The Hall–Kier alpha value is -1.12. The Morgan fingerprint density at radius 1 is 1.42 bits per heavy atom. The standard InChI is InChI=1S/C16H22N4OS3/c1-11(14(21)18-12-5-2-3-6-12)23-16-20-19-15(24-16)17-9-8-13-7-4-10-22-13/h4,7,10-12H,2-3,5-6,8-9H2,1H3,(H,17,19)(H,18,21)/t11-/m0/s1. The fourth-order valence-corrected chi connectivity index (χ4v) is 5.31. The quantitative estimate of drug-likeness (QED) is 0.680. The Kier molecular flexibility index (Phi) is 6.51. The van der Waals surface area contributed by atoms with Crippen LogP contribution in [0, 0.1) is 0 Å². The zero-order valence-corrected chi connectivity index (χ0v) is 16.1. The van der Waals surface area contributed by atoms with E-state index in [2.05, 4.69) is 38.3 Å². The summed E-state index contributed by atoms with van der Waals surface area (Å²) in [6, 6.07) is 4.57. The van der Waals surface area contributed by atoms with Gasteiger partial charge < -0.3 is 10.6 Å². The van der Waals surface area contributed by atoms with Gasteiger partial charge in [0.05, 0.1) is 5.25 Å². The summed E-state index contributed by atoms with van der Waals surface area (Å²) in [4.78, 5) is 13.6. The van der Waals surface area contributed by atoms with E-state index in [9.17, 15) is 4.79 Å². The molecule has 130 valence electrons. The molecule has 2 aromatic heterocycles. The molecule has 2 heterocycles. The van der Waals surface area contributed by atoms with Gasteiger partial charge in [-0.05, 0) is 37.6 Å². The molecule has 0 saturated heterocycles. The summed E-state index contributed by atoms with van der Waals surface area (Å²) in [6.45, 7) is 2.78. The second-order valence-electron chi connectivity index (χ2n) is 5.88. The van der Waals surface area contributed by atoms with E-state index in [1.165, 1.54) is 40.8 Å². The SMILES string of the molecule is C[C@H](Sc1nnc(NCCc2cccs2)s1)C(=O)NC1CCCC1. The van der Waals surface area contributed by atoms with Crippen LogP contribution in [0.4, 0.5) is 5.13 Å². The smallest absolute Gasteiger partial charge is 0.233 e. The molecule has 1 aliphatic rings. The lowest BCUT2D eigenvalue weighted by molar-refractivity contribution is -0.120. The first-order chi connectivity index (χ1) is 11.7. The average molecular weight is 383 g/mol. The van der Waals surface area contributed by atoms with Gasteiger partial charge in [-0.3, -0.25) is 4.79 Å². The topological polar surface area (TPSA) is 66.9 Å². The van der Waals surface area contributed by atoms with Crippen LogP contribution in [-0.2, 0) is 11.2 Å². The molecule has 0 aromatic carbocycles. The highest BCUT2D eigenvalue weighted by Crippen LogP contribution is 2.29. The lowest BCUT2D eigenvalue weighted by Gasteiger charge is -2.15. The first kappa shape index (κ1) is 17.7. The number of carbonyl (C=O) groups is 1. The van der Waals surface area contributed by atoms with Crippen LogP contribution in [0.5, 0.6) is 0 Å². The van der Waals surface area contributed by atoms with Crippen molar-refractivity contribution in [1.29, 1.82) is 0 Å². The number of anilines is 1. The zero-order valence-electron chi connectivity index (χ0n) is 13.7. The molecule has 2 N–H and O–H groups in total. The summed E-state index contributed by atoms with van der Waals surface area (Å²) in [6.07, 6.45) is 5.66. The molecular weight excluding hydrogens is 360 g/mol. The van der Waals surface area contributed by atoms with Crippen LogP contribution in [0.2, 0.25) is 0 Å². The van der Waals surface area contributed by atoms with Gasteiger partial charge in [0, 0.05) is 17.5 Å². The van der Waals surface area contributed by atoms with E-state index < -0.39 is 0 Å². The normalized spacial score (nSPS) is 16.2. The van der Waals surface area contributed by atoms with Crippen LogP contribution in [0.1, 0.15) is 37.5 Å². The fraction of sp³-hybridized carbons (Fsp3) is 0.562. The Morgan fingerprint density at radius 3 is 3.00 bits per heavy atom. The Bertz CT molecular complexity index is 638. The highest BCUT2D eigenvalue weighted by Gasteiger charge is 2.22. The van der Waals surface area contributed by atoms with Crippen molar-refractivity contribution in [1.82, 2.24) is 15.5 Å². The highest BCUT2D eigenvalue weighted by atomic mass is 32.2. The molecule has 2 aromatic rings. The van der Waals surface area contributed by atoms with Crippen LogP contribution in [0.3, 0.4) is 0 Å². The van der Waals surface area contributed by atoms with Crippen LogP contribution < -0.4 is 10.6 Å². The van der Waals surface area contributed by atoms with Crippen molar-refractivity contribution in [3.8, 4) is 0 Å². The summed E-state index contributed by atoms with van der Waals surface area (Å²) in [5.41, 5.74) is 0. The molecular formula is C16H22N4OS3. The predicted molar refractivity (Wildman–Crippen MR) is 102 cm³/mol. The first-order valence-electron chi connectivity index (χ1n) is 8.27. The fourth-order valence-electron chi connectivity index (χ4n) is 2.67. The second kappa shape index (κ2) is 8.82. The molecule has 1 atom stereocenters. The molecule has 24 heavy (non-hydrogen) atoms. The second-order valence-corrected chi connectivity index (χ2v) is 9.48. The van der Waals surface area contributed by atoms with E-state index in [1.54, 1.807) is 11.3 Å². The third-order valence-corrected chi connectivity index (χ3v) is 6.98. The summed E-state index contributed by atoms with van der Waals surface area (Å²) >= 11 is 4.76. The molecule has 1 fully saturated rings. The maximum Gasteiger partial charge on any atom is 0.233 e. The number of carbonyl (C=O) groups excluding carboxylic acids is 1. The molecule has 3 rings (SSSR count). The van der Waals surface area contributed by atoms with Crippen molar-refractivity contribution in [2.24, 2.45) is 0 Å². The number of thiophene rings is 1. The number of hydrogen-bond acceptors (Lipinski definition) is 7. The van der Waals surface area contributed by atoms with E-state index in [-0.39, 0.29) is 11.2 Å². The molecule has 5 nitrogen and oxygen atoms in total. The van der Waals surface area contributed by atoms with Crippen LogP contribution in [0.15, 0.2) is 21.9 Å². The highest BCUT2D eigenvalue weighted by molar-refractivity contribution is 8.02. The number of nitrogens with zero attached hydrogens (tertiary/aromatic N) is 2. The van der Waals surface area contributed by atoms with Crippen LogP contribution in [-0.4, -0.2) is 33.9 Å². The van der Waals surface area contributed by atoms with Gasteiger partial charge in [-0.15, -0.1) is 21.5 Å². The molecule has 8 heteroatoms. The Labute approximate surface area is 154 Å². The van der Waals surface area contributed by atoms with E-state index in [0.717, 1.165) is 35.3 Å². The molecule has 0 unspecified atom stereocenters. The van der Waals surface area contributed by atoms with Gasteiger partial charge in [0.2, 0.25) is 11.0 Å². The van der Waals surface area contributed by atoms with Gasteiger partial charge in [-0.25, -0.2) is 0 Å². The summed E-state index contributed by atoms with van der Waals surface area (Å²) < 4.78 is 0.836. The van der Waals surface area contributed by atoms with E-state index >= 15 is 0 Å². The number of hydrogen-bond donors (Lipinski definition) is 2. The number of thioether (sulfide) groups is 1. The van der Waals surface area contributed by atoms with Crippen molar-refractivity contribution >= 4 is 45.5 Å². The molecule has 0 bridgehead atoms. The number of amides is 1. The van der Waals surface area contributed by atoms with E-state index in [1.807, 2.05) is 6.92 Å². The largest absolute Gasteiger partial charge is 0.360 e. The molecule has 1 saturated carbocycles. The molecule has 1 aliphatic carbocycles. The number of aromatic nitrogens is 2. The summed E-state index contributed by atoms with van der Waals surface area (Å²) in [5.74, 6) is 0.106. The van der Waals surface area contributed by atoms with Crippen molar-refractivity contribution in [3.05, 3.63) is 22.4 Å². The minimum atomic E-state index is -0.141. The maximum absolute atomic E-state index is 12.2. The molecule has 1 amide bonds. The minimum Gasteiger partial charge on any atom is -0.360 e. The van der Waals surface area contributed by atoms with Crippen molar-refractivity contribution in [2.75, 3.05) is 11.9 Å². The minimum absolute atomic E-state index is 0.106. The van der Waals surface area contributed by atoms with Gasteiger partial charge in [-0.2, -0.15) is 0 Å². The molecule has 0 radical (unpaired) electrons. The molecule has 0 spiro atoms. The Morgan fingerprint density at radius 2 is 2.25 bits per heavy atom. The monoisotopic (exact) mass is 382 g/mol. The molecule has 0 aliphatic heterocycles. The van der Waals surface area contributed by atoms with Crippen molar-refractivity contribution in [3.63, 3.8) is 0 Å². The number of nitrogens with one attached hydrogen (secondary N) is 2. The maximum atomic E-state index is 12.2. The van der Waals surface area contributed by atoms with Gasteiger partial charge in [0.1, 0.15) is 0 Å². The van der Waals surface area contributed by atoms with Crippen LogP contribution >= 0.6 is 34.4 Å². The van der Waals surface area contributed by atoms with Gasteiger partial charge in [0.15, 0.2) is 4.34 Å². The van der Waals surface area contributed by atoms with E-state index in [0.29, 0.717) is 6.04 Å². The van der Waals surface area contributed by atoms with Crippen molar-refractivity contribution < 1.29 is 4.79 Å². The van der Waals surface area contributed by atoms with Gasteiger partial charge in [-0.1, -0.05) is 42.0 Å².